The van der Waals surface area contributed by atoms with Crippen LogP contribution in [0.15, 0.2) is 30.5 Å². The molecule has 0 unspecified atom stereocenters. The number of aryl methyl sites for hydroxylation is 2. The van der Waals surface area contributed by atoms with E-state index in [1.165, 1.54) is 16.7 Å². The minimum atomic E-state index is 0.914. The molecular formula is C16H23N3. The van der Waals surface area contributed by atoms with Crippen molar-refractivity contribution in [3.8, 4) is 11.1 Å². The van der Waals surface area contributed by atoms with Gasteiger partial charge in [0, 0.05) is 24.8 Å². The summed E-state index contributed by atoms with van der Waals surface area (Å²) >= 11 is 0. The van der Waals surface area contributed by atoms with Crippen molar-refractivity contribution in [3.63, 3.8) is 0 Å². The summed E-state index contributed by atoms with van der Waals surface area (Å²) in [6.45, 7) is 9.27. The molecule has 0 atom stereocenters. The van der Waals surface area contributed by atoms with Gasteiger partial charge in [0.2, 0.25) is 0 Å². The Morgan fingerprint density at radius 3 is 2.63 bits per heavy atom. The van der Waals surface area contributed by atoms with Gasteiger partial charge in [0.05, 0.1) is 5.69 Å². The molecule has 0 aliphatic rings. The van der Waals surface area contributed by atoms with E-state index in [-0.39, 0.29) is 0 Å². The molecule has 0 radical (unpaired) electrons. The monoisotopic (exact) mass is 257 g/mol. The van der Waals surface area contributed by atoms with Crippen molar-refractivity contribution in [2.24, 2.45) is 0 Å². The first kappa shape index (κ1) is 13.8. The molecule has 1 heterocycles. The Morgan fingerprint density at radius 1 is 1.16 bits per heavy atom. The number of rotatable bonds is 6. The molecule has 102 valence electrons. The lowest BCUT2D eigenvalue weighted by Gasteiger charge is -2.09. The van der Waals surface area contributed by atoms with Gasteiger partial charge in [-0.3, -0.25) is 4.68 Å². The van der Waals surface area contributed by atoms with Crippen molar-refractivity contribution in [1.29, 1.82) is 0 Å². The second-order valence-electron chi connectivity index (χ2n) is 4.82. The van der Waals surface area contributed by atoms with Crippen LogP contribution in [-0.2, 0) is 13.1 Å². The largest absolute Gasteiger partial charge is 0.313 e. The van der Waals surface area contributed by atoms with Gasteiger partial charge in [-0.25, -0.2) is 0 Å². The first-order chi connectivity index (χ1) is 9.26. The summed E-state index contributed by atoms with van der Waals surface area (Å²) in [5, 5.41) is 8.01. The van der Waals surface area contributed by atoms with Crippen LogP contribution in [0, 0.1) is 6.92 Å². The fourth-order valence-corrected chi connectivity index (χ4v) is 2.28. The third-order valence-corrected chi connectivity index (χ3v) is 3.32. The first-order valence-electron chi connectivity index (χ1n) is 7.09. The van der Waals surface area contributed by atoms with Crippen LogP contribution >= 0.6 is 0 Å². The van der Waals surface area contributed by atoms with Crippen molar-refractivity contribution in [2.45, 2.75) is 40.3 Å². The Hall–Kier alpha value is -1.61. The summed E-state index contributed by atoms with van der Waals surface area (Å²) in [5.74, 6) is 0. The van der Waals surface area contributed by atoms with Crippen molar-refractivity contribution in [1.82, 2.24) is 15.1 Å². The van der Waals surface area contributed by atoms with Crippen LogP contribution in [0.25, 0.3) is 11.1 Å². The summed E-state index contributed by atoms with van der Waals surface area (Å²) in [5.41, 5.74) is 4.98. The molecule has 0 aliphatic carbocycles. The van der Waals surface area contributed by atoms with Gasteiger partial charge in [-0.2, -0.15) is 5.10 Å². The molecule has 0 fully saturated rings. The fraction of sp³-hybridized carbons (Fsp3) is 0.438. The van der Waals surface area contributed by atoms with E-state index in [1.54, 1.807) is 0 Å². The Morgan fingerprint density at radius 2 is 1.95 bits per heavy atom. The van der Waals surface area contributed by atoms with E-state index in [0.717, 1.165) is 31.7 Å². The number of aromatic nitrogens is 2. The molecule has 19 heavy (non-hydrogen) atoms. The SMILES string of the molecule is CCCNCc1ccccc1-c1cn(CC)nc1C. The van der Waals surface area contributed by atoms with Crippen LogP contribution < -0.4 is 5.32 Å². The van der Waals surface area contributed by atoms with E-state index in [1.807, 2.05) is 4.68 Å². The summed E-state index contributed by atoms with van der Waals surface area (Å²) < 4.78 is 2.00. The standard InChI is InChI=1S/C16H23N3/c1-4-10-17-11-14-8-6-7-9-15(14)16-12-19(5-2)18-13(16)3/h6-9,12,17H,4-5,10-11H2,1-3H3. The highest BCUT2D eigenvalue weighted by Crippen LogP contribution is 2.26. The van der Waals surface area contributed by atoms with E-state index in [0.29, 0.717) is 0 Å². The molecule has 0 saturated heterocycles. The van der Waals surface area contributed by atoms with Gasteiger partial charge >= 0.3 is 0 Å². The van der Waals surface area contributed by atoms with Crippen molar-refractivity contribution < 1.29 is 0 Å². The second-order valence-corrected chi connectivity index (χ2v) is 4.82. The quantitative estimate of drug-likeness (QED) is 0.804. The Balaban J connectivity index is 2.30. The van der Waals surface area contributed by atoms with E-state index in [2.05, 4.69) is 61.6 Å². The maximum absolute atomic E-state index is 4.54. The molecule has 1 aromatic heterocycles. The van der Waals surface area contributed by atoms with E-state index < -0.39 is 0 Å². The molecule has 0 spiro atoms. The van der Waals surface area contributed by atoms with E-state index >= 15 is 0 Å². The molecule has 2 rings (SSSR count). The van der Waals surface area contributed by atoms with Gasteiger partial charge < -0.3 is 5.32 Å². The van der Waals surface area contributed by atoms with Crippen molar-refractivity contribution >= 4 is 0 Å². The van der Waals surface area contributed by atoms with E-state index in [9.17, 15) is 0 Å². The molecule has 0 amide bonds. The summed E-state index contributed by atoms with van der Waals surface area (Å²) in [4.78, 5) is 0. The van der Waals surface area contributed by atoms with Gasteiger partial charge in [0.25, 0.3) is 0 Å². The zero-order valence-electron chi connectivity index (χ0n) is 12.1. The first-order valence-corrected chi connectivity index (χ1v) is 7.09. The smallest absolute Gasteiger partial charge is 0.0672 e. The predicted octanol–water partition coefficient (Wildman–Crippen LogP) is 3.38. The lowest BCUT2D eigenvalue weighted by molar-refractivity contribution is 0.653. The highest BCUT2D eigenvalue weighted by molar-refractivity contribution is 5.68. The average Bonchev–Trinajstić information content (AvgIpc) is 2.81. The van der Waals surface area contributed by atoms with Crippen molar-refractivity contribution in [2.75, 3.05) is 6.54 Å². The summed E-state index contributed by atoms with van der Waals surface area (Å²) in [6, 6.07) is 8.58. The molecule has 1 aromatic carbocycles. The van der Waals surface area contributed by atoms with Gasteiger partial charge in [-0.1, -0.05) is 31.2 Å². The highest BCUT2D eigenvalue weighted by atomic mass is 15.3. The molecule has 0 saturated carbocycles. The topological polar surface area (TPSA) is 29.9 Å². The van der Waals surface area contributed by atoms with Gasteiger partial charge in [0.15, 0.2) is 0 Å². The Bertz CT molecular complexity index is 529. The lowest BCUT2D eigenvalue weighted by atomic mass is 10.0. The number of hydrogen-bond donors (Lipinski definition) is 1. The zero-order valence-corrected chi connectivity index (χ0v) is 12.1. The number of nitrogens with zero attached hydrogens (tertiary/aromatic N) is 2. The summed E-state index contributed by atoms with van der Waals surface area (Å²) in [7, 11) is 0. The molecule has 1 N–H and O–H groups in total. The Kier molecular flexibility index (Phi) is 4.74. The second kappa shape index (κ2) is 6.53. The van der Waals surface area contributed by atoms with Crippen LogP contribution in [0.1, 0.15) is 31.5 Å². The van der Waals surface area contributed by atoms with Gasteiger partial charge in [-0.05, 0) is 37.9 Å². The molecule has 0 aliphatic heterocycles. The third-order valence-electron chi connectivity index (χ3n) is 3.32. The normalized spacial score (nSPS) is 10.9. The van der Waals surface area contributed by atoms with Gasteiger partial charge in [0.1, 0.15) is 0 Å². The minimum absolute atomic E-state index is 0.914. The molecule has 2 aromatic rings. The molecule has 0 bridgehead atoms. The number of benzene rings is 1. The maximum atomic E-state index is 4.54. The predicted molar refractivity (Wildman–Crippen MR) is 80.1 cm³/mol. The molecular weight excluding hydrogens is 234 g/mol. The van der Waals surface area contributed by atoms with Crippen LogP contribution in [0.3, 0.4) is 0 Å². The van der Waals surface area contributed by atoms with Crippen molar-refractivity contribution in [3.05, 3.63) is 41.7 Å². The van der Waals surface area contributed by atoms with Crippen LogP contribution in [0.4, 0.5) is 0 Å². The lowest BCUT2D eigenvalue weighted by Crippen LogP contribution is -2.14. The number of hydrogen-bond acceptors (Lipinski definition) is 2. The van der Waals surface area contributed by atoms with Crippen LogP contribution in [0.5, 0.6) is 0 Å². The fourth-order valence-electron chi connectivity index (χ4n) is 2.28. The summed E-state index contributed by atoms with van der Waals surface area (Å²) in [6.07, 6.45) is 3.31. The zero-order chi connectivity index (χ0) is 13.7. The third kappa shape index (κ3) is 3.24. The Labute approximate surface area is 115 Å². The minimum Gasteiger partial charge on any atom is -0.313 e. The maximum Gasteiger partial charge on any atom is 0.0672 e. The molecule has 3 nitrogen and oxygen atoms in total. The highest BCUT2D eigenvalue weighted by Gasteiger charge is 2.10. The average molecular weight is 257 g/mol. The van der Waals surface area contributed by atoms with Gasteiger partial charge in [-0.15, -0.1) is 0 Å². The van der Waals surface area contributed by atoms with Crippen LogP contribution in [-0.4, -0.2) is 16.3 Å². The molecule has 3 heteroatoms. The van der Waals surface area contributed by atoms with Crippen LogP contribution in [0.2, 0.25) is 0 Å². The number of nitrogens with one attached hydrogen (secondary N) is 1. The van der Waals surface area contributed by atoms with E-state index in [4.69, 9.17) is 0 Å².